The zero-order valence-electron chi connectivity index (χ0n) is 16.0. The van der Waals surface area contributed by atoms with Crippen LogP contribution >= 0.6 is 0 Å². The number of nitrogens with zero attached hydrogens (tertiary/aromatic N) is 4. The van der Waals surface area contributed by atoms with Crippen molar-refractivity contribution in [1.29, 1.82) is 0 Å². The monoisotopic (exact) mass is 381 g/mol. The number of anilines is 2. The highest BCUT2D eigenvalue weighted by Gasteiger charge is 2.21. The van der Waals surface area contributed by atoms with Crippen LogP contribution in [-0.2, 0) is 11.2 Å². The van der Waals surface area contributed by atoms with Crippen molar-refractivity contribution in [3.63, 3.8) is 0 Å². The minimum atomic E-state index is -0.240. The van der Waals surface area contributed by atoms with E-state index < -0.39 is 0 Å². The fourth-order valence-electron chi connectivity index (χ4n) is 3.42. The minimum absolute atomic E-state index is 0.240. The number of rotatable bonds is 5. The van der Waals surface area contributed by atoms with Gasteiger partial charge in [-0.2, -0.15) is 5.10 Å². The van der Waals surface area contributed by atoms with Crippen LogP contribution in [0.4, 0.5) is 11.4 Å². The molecule has 0 aliphatic carbocycles. The van der Waals surface area contributed by atoms with Gasteiger partial charge in [-0.1, -0.05) is 6.92 Å². The highest BCUT2D eigenvalue weighted by Crippen LogP contribution is 2.35. The van der Waals surface area contributed by atoms with Crippen molar-refractivity contribution >= 4 is 22.9 Å². The molecule has 1 aliphatic rings. The Balaban J connectivity index is 1.71. The second kappa shape index (κ2) is 7.85. The van der Waals surface area contributed by atoms with Gasteiger partial charge in [0, 0.05) is 31.5 Å². The predicted molar refractivity (Wildman–Crippen MR) is 106 cm³/mol. The summed E-state index contributed by atoms with van der Waals surface area (Å²) in [4.78, 5) is 19.5. The molecule has 1 N–H and O–H groups in total. The maximum atomic E-state index is 13.0. The van der Waals surface area contributed by atoms with Crippen molar-refractivity contribution in [1.82, 2.24) is 14.6 Å². The van der Waals surface area contributed by atoms with Gasteiger partial charge in [0.15, 0.2) is 5.65 Å². The van der Waals surface area contributed by atoms with E-state index in [9.17, 15) is 4.79 Å². The first-order chi connectivity index (χ1) is 13.7. The molecule has 1 fully saturated rings. The first-order valence-electron chi connectivity index (χ1n) is 9.34. The van der Waals surface area contributed by atoms with E-state index in [2.05, 4.69) is 27.2 Å². The summed E-state index contributed by atoms with van der Waals surface area (Å²) < 4.78 is 12.6. The lowest BCUT2D eigenvalue weighted by Gasteiger charge is -2.31. The van der Waals surface area contributed by atoms with Crippen LogP contribution < -0.4 is 15.0 Å². The summed E-state index contributed by atoms with van der Waals surface area (Å²) in [5, 5.41) is 7.26. The van der Waals surface area contributed by atoms with E-state index in [0.717, 1.165) is 42.2 Å². The molecule has 146 valence electrons. The van der Waals surface area contributed by atoms with Gasteiger partial charge in [0.05, 0.1) is 37.9 Å². The number of carbonyl (C=O) groups excluding carboxylic acids is 1. The molecule has 2 aromatic heterocycles. The lowest BCUT2D eigenvalue weighted by Crippen LogP contribution is -2.36. The Morgan fingerprint density at radius 2 is 2.14 bits per heavy atom. The summed E-state index contributed by atoms with van der Waals surface area (Å²) >= 11 is 0. The Morgan fingerprint density at radius 1 is 1.32 bits per heavy atom. The van der Waals surface area contributed by atoms with Gasteiger partial charge in [-0.3, -0.25) is 4.79 Å². The van der Waals surface area contributed by atoms with Gasteiger partial charge in [0.1, 0.15) is 11.3 Å². The molecular formula is C20H23N5O3. The number of methoxy groups -OCH3 is 1. The van der Waals surface area contributed by atoms with Crippen LogP contribution in [0.25, 0.3) is 5.65 Å². The molecule has 3 heterocycles. The van der Waals surface area contributed by atoms with Crippen molar-refractivity contribution in [2.24, 2.45) is 0 Å². The molecule has 1 aromatic carbocycles. The van der Waals surface area contributed by atoms with E-state index in [1.54, 1.807) is 30.1 Å². The van der Waals surface area contributed by atoms with Gasteiger partial charge < -0.3 is 19.7 Å². The summed E-state index contributed by atoms with van der Waals surface area (Å²) in [6.07, 6.45) is 5.75. The lowest BCUT2D eigenvalue weighted by molar-refractivity contribution is 0.102. The van der Waals surface area contributed by atoms with E-state index in [4.69, 9.17) is 9.47 Å². The van der Waals surface area contributed by atoms with Crippen LogP contribution in [0.2, 0.25) is 0 Å². The van der Waals surface area contributed by atoms with Crippen molar-refractivity contribution in [2.75, 3.05) is 43.6 Å². The van der Waals surface area contributed by atoms with Gasteiger partial charge in [-0.15, -0.1) is 0 Å². The van der Waals surface area contributed by atoms with Gasteiger partial charge in [0.25, 0.3) is 5.91 Å². The Bertz CT molecular complexity index is 995. The largest absolute Gasteiger partial charge is 0.496 e. The van der Waals surface area contributed by atoms with E-state index >= 15 is 0 Å². The third kappa shape index (κ3) is 3.38. The molecular weight excluding hydrogens is 358 g/mol. The Kier molecular flexibility index (Phi) is 5.12. The third-order valence-corrected chi connectivity index (χ3v) is 4.90. The molecule has 0 atom stereocenters. The fourth-order valence-corrected chi connectivity index (χ4v) is 3.42. The molecule has 8 nitrogen and oxygen atoms in total. The maximum Gasteiger partial charge on any atom is 0.261 e. The molecule has 1 aliphatic heterocycles. The summed E-state index contributed by atoms with van der Waals surface area (Å²) in [6.45, 7) is 4.89. The van der Waals surface area contributed by atoms with E-state index in [1.807, 2.05) is 12.1 Å². The summed E-state index contributed by atoms with van der Waals surface area (Å²) in [5.74, 6) is 0.579. The normalized spacial score (nSPS) is 14.3. The molecule has 28 heavy (non-hydrogen) atoms. The maximum absolute atomic E-state index is 13.0. The molecule has 1 amide bonds. The van der Waals surface area contributed by atoms with Crippen molar-refractivity contribution in [2.45, 2.75) is 13.3 Å². The number of aryl methyl sites for hydroxylation is 1. The van der Waals surface area contributed by atoms with Gasteiger partial charge in [-0.05, 0) is 24.1 Å². The SMILES string of the molecule is CCc1cc(NC(=O)c2cnn3cccnc23)c(N2CCOCC2)cc1OC. The first-order valence-corrected chi connectivity index (χ1v) is 9.34. The zero-order chi connectivity index (χ0) is 19.5. The number of fused-ring (bicyclic) bond motifs is 1. The van der Waals surface area contributed by atoms with Crippen LogP contribution in [0, 0.1) is 0 Å². The molecule has 0 radical (unpaired) electrons. The number of hydrogen-bond acceptors (Lipinski definition) is 6. The van der Waals surface area contributed by atoms with E-state index in [1.165, 1.54) is 6.20 Å². The van der Waals surface area contributed by atoms with Crippen molar-refractivity contribution in [3.8, 4) is 5.75 Å². The van der Waals surface area contributed by atoms with Gasteiger partial charge >= 0.3 is 0 Å². The number of benzene rings is 1. The van der Waals surface area contributed by atoms with Crippen LogP contribution in [0.3, 0.4) is 0 Å². The number of hydrogen-bond donors (Lipinski definition) is 1. The Morgan fingerprint density at radius 3 is 2.89 bits per heavy atom. The highest BCUT2D eigenvalue weighted by molar-refractivity contribution is 6.09. The zero-order valence-corrected chi connectivity index (χ0v) is 16.0. The molecule has 0 spiro atoms. The number of carbonyl (C=O) groups is 1. The molecule has 1 saturated heterocycles. The number of morpholine rings is 1. The smallest absolute Gasteiger partial charge is 0.261 e. The second-order valence-corrected chi connectivity index (χ2v) is 6.53. The number of ether oxygens (including phenoxy) is 2. The lowest BCUT2D eigenvalue weighted by atomic mass is 10.1. The summed E-state index contributed by atoms with van der Waals surface area (Å²) in [6, 6.07) is 5.75. The summed E-state index contributed by atoms with van der Waals surface area (Å²) in [7, 11) is 1.67. The van der Waals surface area contributed by atoms with Gasteiger partial charge in [0.2, 0.25) is 0 Å². The van der Waals surface area contributed by atoms with E-state index in [0.29, 0.717) is 24.4 Å². The van der Waals surface area contributed by atoms with E-state index in [-0.39, 0.29) is 5.91 Å². The van der Waals surface area contributed by atoms with Crippen LogP contribution in [0.5, 0.6) is 5.75 Å². The van der Waals surface area contributed by atoms with Crippen molar-refractivity contribution < 1.29 is 14.3 Å². The topological polar surface area (TPSA) is 81.0 Å². The number of amides is 1. The predicted octanol–water partition coefficient (Wildman–Crippen LogP) is 2.39. The molecule has 0 unspecified atom stereocenters. The molecule has 0 saturated carbocycles. The molecule has 0 bridgehead atoms. The summed E-state index contributed by atoms with van der Waals surface area (Å²) in [5.41, 5.74) is 3.67. The third-order valence-electron chi connectivity index (χ3n) is 4.90. The second-order valence-electron chi connectivity index (χ2n) is 6.53. The number of nitrogens with one attached hydrogen (secondary N) is 1. The molecule has 8 heteroatoms. The van der Waals surface area contributed by atoms with Crippen LogP contribution in [-0.4, -0.2) is 53.9 Å². The van der Waals surface area contributed by atoms with Crippen LogP contribution in [0.15, 0.2) is 36.8 Å². The molecule has 4 rings (SSSR count). The van der Waals surface area contributed by atoms with Crippen LogP contribution in [0.1, 0.15) is 22.8 Å². The Hall–Kier alpha value is -3.13. The minimum Gasteiger partial charge on any atom is -0.496 e. The molecule has 3 aromatic rings. The average molecular weight is 381 g/mol. The standard InChI is InChI=1S/C20H23N5O3/c1-3-14-11-16(17(12-18(14)27-2)24-7-9-28-10-8-24)23-20(26)15-13-22-25-6-4-5-21-19(15)25/h4-6,11-13H,3,7-10H2,1-2H3,(H,23,26). The Labute approximate surface area is 163 Å². The van der Waals surface area contributed by atoms with Crippen molar-refractivity contribution in [3.05, 3.63) is 47.9 Å². The highest BCUT2D eigenvalue weighted by atomic mass is 16.5. The first kappa shape index (κ1) is 18.2. The quantitative estimate of drug-likeness (QED) is 0.731. The average Bonchev–Trinajstić information content (AvgIpc) is 3.18. The number of aromatic nitrogens is 3. The fraction of sp³-hybridized carbons (Fsp3) is 0.350. The van der Waals surface area contributed by atoms with Gasteiger partial charge in [-0.25, -0.2) is 9.50 Å².